The minimum absolute atomic E-state index is 0.256. The van der Waals surface area contributed by atoms with Crippen molar-refractivity contribution in [2.45, 2.75) is 26.3 Å². The summed E-state index contributed by atoms with van der Waals surface area (Å²) in [5.74, 6) is 2.91. The normalized spacial score (nSPS) is 10.8. The largest absolute Gasteiger partial charge is 0.373 e. The van der Waals surface area contributed by atoms with Crippen LogP contribution in [0.3, 0.4) is 0 Å². The van der Waals surface area contributed by atoms with Crippen LogP contribution in [0.5, 0.6) is 0 Å². The van der Waals surface area contributed by atoms with Crippen molar-refractivity contribution >= 4 is 11.8 Å². The van der Waals surface area contributed by atoms with Crippen LogP contribution in [0.25, 0.3) is 0 Å². The first-order valence-electron chi connectivity index (χ1n) is 6.14. The zero-order valence-corrected chi connectivity index (χ0v) is 11.6. The SMILES string of the molecule is CNc1ccnc(N(C)Cc2nc(C(C)C)no2)n1. The predicted molar refractivity (Wildman–Crippen MR) is 72.1 cm³/mol. The quantitative estimate of drug-likeness (QED) is 0.877. The van der Waals surface area contributed by atoms with Crippen LogP contribution in [-0.2, 0) is 6.54 Å². The molecule has 0 aromatic carbocycles. The van der Waals surface area contributed by atoms with Crippen molar-refractivity contribution in [3.8, 4) is 0 Å². The molecule has 7 nitrogen and oxygen atoms in total. The number of nitrogens with one attached hydrogen (secondary N) is 1. The number of anilines is 2. The van der Waals surface area contributed by atoms with E-state index in [4.69, 9.17) is 4.52 Å². The Labute approximate surface area is 112 Å². The van der Waals surface area contributed by atoms with Gasteiger partial charge in [-0.3, -0.25) is 0 Å². The van der Waals surface area contributed by atoms with Crippen LogP contribution in [0, 0.1) is 0 Å². The van der Waals surface area contributed by atoms with E-state index in [0.29, 0.717) is 24.2 Å². The minimum atomic E-state index is 0.256. The van der Waals surface area contributed by atoms with Gasteiger partial charge in [0.1, 0.15) is 5.82 Å². The highest BCUT2D eigenvalue weighted by Crippen LogP contribution is 2.14. The number of hydrogen-bond acceptors (Lipinski definition) is 7. The van der Waals surface area contributed by atoms with Gasteiger partial charge in [-0.05, 0) is 6.07 Å². The number of aromatic nitrogens is 4. The lowest BCUT2D eigenvalue weighted by Crippen LogP contribution is -2.19. The Kier molecular flexibility index (Phi) is 3.94. The summed E-state index contributed by atoms with van der Waals surface area (Å²) in [5, 5.41) is 6.91. The maximum Gasteiger partial charge on any atom is 0.246 e. The van der Waals surface area contributed by atoms with Crippen LogP contribution in [0.1, 0.15) is 31.5 Å². The topological polar surface area (TPSA) is 80.0 Å². The second-order valence-electron chi connectivity index (χ2n) is 4.55. The van der Waals surface area contributed by atoms with Crippen molar-refractivity contribution in [1.29, 1.82) is 0 Å². The minimum Gasteiger partial charge on any atom is -0.373 e. The number of nitrogens with zero attached hydrogens (tertiary/aromatic N) is 5. The van der Waals surface area contributed by atoms with Gasteiger partial charge in [-0.1, -0.05) is 19.0 Å². The summed E-state index contributed by atoms with van der Waals surface area (Å²) in [4.78, 5) is 14.7. The Morgan fingerprint density at radius 1 is 1.37 bits per heavy atom. The molecule has 102 valence electrons. The van der Waals surface area contributed by atoms with E-state index in [9.17, 15) is 0 Å². The summed E-state index contributed by atoms with van der Waals surface area (Å²) in [6.07, 6.45) is 1.71. The third kappa shape index (κ3) is 3.18. The molecule has 0 unspecified atom stereocenters. The molecule has 0 aliphatic rings. The predicted octanol–water partition coefficient (Wildman–Crippen LogP) is 1.66. The van der Waals surface area contributed by atoms with Gasteiger partial charge in [0.05, 0.1) is 6.54 Å². The van der Waals surface area contributed by atoms with Crippen molar-refractivity contribution in [2.75, 3.05) is 24.3 Å². The van der Waals surface area contributed by atoms with Gasteiger partial charge in [0, 0.05) is 26.2 Å². The lowest BCUT2D eigenvalue weighted by molar-refractivity contribution is 0.370. The van der Waals surface area contributed by atoms with Gasteiger partial charge < -0.3 is 14.7 Å². The van der Waals surface area contributed by atoms with E-state index in [0.717, 1.165) is 5.82 Å². The summed E-state index contributed by atoms with van der Waals surface area (Å²) < 4.78 is 5.20. The summed E-state index contributed by atoms with van der Waals surface area (Å²) in [5.41, 5.74) is 0. The average molecular weight is 262 g/mol. The van der Waals surface area contributed by atoms with Crippen molar-refractivity contribution in [2.24, 2.45) is 0 Å². The van der Waals surface area contributed by atoms with Gasteiger partial charge >= 0.3 is 0 Å². The maximum atomic E-state index is 5.20. The van der Waals surface area contributed by atoms with Gasteiger partial charge in [-0.15, -0.1) is 0 Å². The molecule has 7 heteroatoms. The van der Waals surface area contributed by atoms with E-state index in [1.54, 1.807) is 12.3 Å². The lowest BCUT2D eigenvalue weighted by atomic mass is 10.2. The summed E-state index contributed by atoms with van der Waals surface area (Å²) in [6.45, 7) is 4.53. The third-order valence-electron chi connectivity index (χ3n) is 2.61. The van der Waals surface area contributed by atoms with Crippen LogP contribution >= 0.6 is 0 Å². The van der Waals surface area contributed by atoms with Crippen molar-refractivity contribution < 1.29 is 4.52 Å². The average Bonchev–Trinajstić information content (AvgIpc) is 2.87. The van der Waals surface area contributed by atoms with E-state index in [1.165, 1.54) is 0 Å². The molecule has 0 fully saturated rings. The molecule has 0 radical (unpaired) electrons. The van der Waals surface area contributed by atoms with Gasteiger partial charge in [0.2, 0.25) is 11.8 Å². The highest BCUT2D eigenvalue weighted by atomic mass is 16.5. The zero-order valence-electron chi connectivity index (χ0n) is 11.6. The second-order valence-corrected chi connectivity index (χ2v) is 4.55. The van der Waals surface area contributed by atoms with Crippen molar-refractivity contribution in [1.82, 2.24) is 20.1 Å². The van der Waals surface area contributed by atoms with Gasteiger partial charge in [0.25, 0.3) is 0 Å². The molecule has 1 N–H and O–H groups in total. The first-order chi connectivity index (χ1) is 9.10. The monoisotopic (exact) mass is 262 g/mol. The molecule has 0 aliphatic carbocycles. The number of hydrogen-bond donors (Lipinski definition) is 1. The van der Waals surface area contributed by atoms with Crippen LogP contribution in [0.4, 0.5) is 11.8 Å². The van der Waals surface area contributed by atoms with Gasteiger partial charge in [-0.25, -0.2) is 4.98 Å². The highest BCUT2D eigenvalue weighted by Gasteiger charge is 2.13. The van der Waals surface area contributed by atoms with Crippen molar-refractivity contribution in [3.63, 3.8) is 0 Å². The fraction of sp³-hybridized carbons (Fsp3) is 0.500. The molecule has 0 saturated carbocycles. The molecule has 2 rings (SSSR count). The standard InChI is InChI=1S/C12H18N6O/c1-8(2)11-16-10(19-17-11)7-18(4)12-14-6-5-9(13-3)15-12/h5-6,8H,7H2,1-4H3,(H,13,14,15). The molecule has 2 heterocycles. The fourth-order valence-electron chi connectivity index (χ4n) is 1.51. The molecule has 0 saturated heterocycles. The highest BCUT2D eigenvalue weighted by molar-refractivity contribution is 5.40. The fourth-order valence-corrected chi connectivity index (χ4v) is 1.51. The molecule has 2 aromatic heterocycles. The molecule has 0 bridgehead atoms. The summed E-state index contributed by atoms with van der Waals surface area (Å²) in [6, 6.07) is 1.81. The van der Waals surface area contributed by atoms with Gasteiger partial charge in [-0.2, -0.15) is 9.97 Å². The molecular weight excluding hydrogens is 244 g/mol. The molecule has 0 spiro atoms. The Bertz CT molecular complexity index is 539. The van der Waals surface area contributed by atoms with E-state index in [1.807, 2.05) is 32.8 Å². The first kappa shape index (κ1) is 13.3. The van der Waals surface area contributed by atoms with Crippen LogP contribution in [-0.4, -0.2) is 34.2 Å². The van der Waals surface area contributed by atoms with Crippen molar-refractivity contribution in [3.05, 3.63) is 24.0 Å². The zero-order chi connectivity index (χ0) is 13.8. The molecule has 0 aliphatic heterocycles. The van der Waals surface area contributed by atoms with E-state index in [-0.39, 0.29) is 5.92 Å². The van der Waals surface area contributed by atoms with Crippen LogP contribution in [0.2, 0.25) is 0 Å². The second kappa shape index (κ2) is 5.64. The Morgan fingerprint density at radius 2 is 2.16 bits per heavy atom. The maximum absolute atomic E-state index is 5.20. The van der Waals surface area contributed by atoms with E-state index >= 15 is 0 Å². The summed E-state index contributed by atoms with van der Waals surface area (Å²) in [7, 11) is 3.70. The molecule has 0 atom stereocenters. The van der Waals surface area contributed by atoms with Crippen LogP contribution in [0.15, 0.2) is 16.8 Å². The molecule has 0 amide bonds. The molecule has 19 heavy (non-hydrogen) atoms. The van der Waals surface area contributed by atoms with E-state index in [2.05, 4.69) is 25.4 Å². The lowest BCUT2D eigenvalue weighted by Gasteiger charge is -2.14. The smallest absolute Gasteiger partial charge is 0.246 e. The first-order valence-corrected chi connectivity index (χ1v) is 6.14. The molecular formula is C12H18N6O. The number of rotatable bonds is 5. The Morgan fingerprint density at radius 3 is 2.79 bits per heavy atom. The Balaban J connectivity index is 2.08. The molecule has 2 aromatic rings. The van der Waals surface area contributed by atoms with E-state index < -0.39 is 0 Å². The Hall–Kier alpha value is -2.18. The van der Waals surface area contributed by atoms with Gasteiger partial charge in [0.15, 0.2) is 5.82 Å². The third-order valence-corrected chi connectivity index (χ3v) is 2.61. The van der Waals surface area contributed by atoms with Crippen LogP contribution < -0.4 is 10.2 Å². The summed E-state index contributed by atoms with van der Waals surface area (Å²) >= 11 is 0.